The predicted octanol–water partition coefficient (Wildman–Crippen LogP) is 3.82. The molecule has 28 heavy (non-hydrogen) atoms. The number of carbonyl (C=O) groups excluding carboxylic acids is 2. The van der Waals surface area contributed by atoms with Crippen LogP contribution in [0.2, 0.25) is 0 Å². The first-order valence-electron chi connectivity index (χ1n) is 10.0. The molecule has 5 rings (SSSR count). The van der Waals surface area contributed by atoms with Crippen LogP contribution in [0, 0.1) is 0 Å². The van der Waals surface area contributed by atoms with E-state index in [1.807, 2.05) is 0 Å². The number of carbonyl (C=O) groups is 2. The Hall–Kier alpha value is -2.92. The highest BCUT2D eigenvalue weighted by molar-refractivity contribution is 6.21. The summed E-state index contributed by atoms with van der Waals surface area (Å²) in [6.45, 7) is 1.47. The summed E-state index contributed by atoms with van der Waals surface area (Å²) in [5.74, 6) is -0.316. The van der Waals surface area contributed by atoms with Gasteiger partial charge in [-0.05, 0) is 56.0 Å². The maximum Gasteiger partial charge on any atom is 0.261 e. The highest BCUT2D eigenvalue weighted by Crippen LogP contribution is 2.32. The zero-order valence-electron chi connectivity index (χ0n) is 15.7. The average Bonchev–Trinajstić information content (AvgIpc) is 3.23. The highest BCUT2D eigenvalue weighted by atomic mass is 16.2. The van der Waals surface area contributed by atoms with Crippen molar-refractivity contribution in [1.82, 2.24) is 15.2 Å². The molecule has 142 valence electrons. The van der Waals surface area contributed by atoms with E-state index in [1.165, 1.54) is 27.1 Å². The smallest absolute Gasteiger partial charge is 0.261 e. The molecule has 0 fully saturated rings. The Kier molecular flexibility index (Phi) is 4.24. The second-order valence-electron chi connectivity index (χ2n) is 7.62. The van der Waals surface area contributed by atoms with Gasteiger partial charge >= 0.3 is 0 Å². The molecule has 1 atom stereocenters. The van der Waals surface area contributed by atoms with E-state index in [4.69, 9.17) is 0 Å². The number of benzene rings is 2. The molecule has 1 aromatic heterocycles. The lowest BCUT2D eigenvalue weighted by molar-refractivity contribution is 0.0651. The van der Waals surface area contributed by atoms with Crippen LogP contribution < -0.4 is 5.32 Å². The number of nitrogens with zero attached hydrogens (tertiary/aromatic N) is 1. The van der Waals surface area contributed by atoms with Crippen molar-refractivity contribution in [1.29, 1.82) is 0 Å². The predicted molar refractivity (Wildman–Crippen MR) is 108 cm³/mol. The van der Waals surface area contributed by atoms with E-state index < -0.39 is 0 Å². The minimum atomic E-state index is -0.158. The monoisotopic (exact) mass is 373 g/mol. The molecular weight excluding hydrogens is 350 g/mol. The van der Waals surface area contributed by atoms with Crippen LogP contribution in [0.25, 0.3) is 10.9 Å². The van der Waals surface area contributed by atoms with Gasteiger partial charge in [-0.2, -0.15) is 0 Å². The SMILES string of the molecule is O=C1c2ccccc2C(=O)N1CCCCC1NCCc2c1[nH]c1ccccc21. The summed E-state index contributed by atoms with van der Waals surface area (Å²) in [6.07, 6.45) is 3.81. The molecule has 5 nitrogen and oxygen atoms in total. The molecule has 0 radical (unpaired) electrons. The second kappa shape index (κ2) is 6.91. The van der Waals surface area contributed by atoms with Gasteiger partial charge in [0.15, 0.2) is 0 Å². The van der Waals surface area contributed by atoms with Crippen LogP contribution in [0.1, 0.15) is 57.3 Å². The average molecular weight is 373 g/mol. The minimum Gasteiger partial charge on any atom is -0.357 e. The van der Waals surface area contributed by atoms with Crippen molar-refractivity contribution in [3.8, 4) is 0 Å². The number of hydrogen-bond donors (Lipinski definition) is 2. The van der Waals surface area contributed by atoms with Crippen molar-refractivity contribution >= 4 is 22.7 Å². The quantitative estimate of drug-likeness (QED) is 0.528. The van der Waals surface area contributed by atoms with Gasteiger partial charge < -0.3 is 10.3 Å². The molecule has 2 aromatic carbocycles. The number of unbranched alkanes of at least 4 members (excludes halogenated alkanes) is 1. The number of amides is 2. The Morgan fingerprint density at radius 1 is 0.929 bits per heavy atom. The molecule has 3 aromatic rings. The van der Waals surface area contributed by atoms with Crippen LogP contribution >= 0.6 is 0 Å². The van der Waals surface area contributed by atoms with Gasteiger partial charge in [-0.3, -0.25) is 14.5 Å². The summed E-state index contributed by atoms with van der Waals surface area (Å²) in [4.78, 5) is 29.9. The lowest BCUT2D eigenvalue weighted by atomic mass is 9.96. The number of para-hydroxylation sites is 1. The van der Waals surface area contributed by atoms with E-state index in [9.17, 15) is 9.59 Å². The molecule has 2 aliphatic rings. The normalized spacial score (nSPS) is 18.6. The second-order valence-corrected chi connectivity index (χ2v) is 7.62. The lowest BCUT2D eigenvalue weighted by Gasteiger charge is -2.24. The molecule has 2 N–H and O–H groups in total. The molecule has 0 aliphatic carbocycles. The topological polar surface area (TPSA) is 65.2 Å². The number of aromatic amines is 1. The molecule has 0 saturated heterocycles. The summed E-state index contributed by atoms with van der Waals surface area (Å²) < 4.78 is 0. The molecule has 1 unspecified atom stereocenters. The van der Waals surface area contributed by atoms with Crippen molar-refractivity contribution in [3.63, 3.8) is 0 Å². The van der Waals surface area contributed by atoms with E-state index >= 15 is 0 Å². The Labute approximate surface area is 163 Å². The van der Waals surface area contributed by atoms with Crippen LogP contribution in [0.3, 0.4) is 0 Å². The zero-order chi connectivity index (χ0) is 19.1. The number of nitrogens with one attached hydrogen (secondary N) is 2. The van der Waals surface area contributed by atoms with Gasteiger partial charge in [-0.1, -0.05) is 30.3 Å². The standard InChI is InChI=1S/C23H23N3O2/c27-22-17-8-1-2-9-18(17)23(28)26(22)14-6-5-11-20-21-16(12-13-24-20)15-7-3-4-10-19(15)25-21/h1-4,7-10,20,24-25H,5-6,11-14H2. The number of hydrogen-bond acceptors (Lipinski definition) is 3. The molecule has 2 aliphatic heterocycles. The number of imide groups is 1. The first-order valence-corrected chi connectivity index (χ1v) is 10.0. The summed E-state index contributed by atoms with van der Waals surface area (Å²) >= 11 is 0. The number of rotatable bonds is 5. The maximum absolute atomic E-state index is 12.5. The van der Waals surface area contributed by atoms with Crippen LogP contribution in [0.15, 0.2) is 48.5 Å². The third kappa shape index (κ3) is 2.74. The lowest BCUT2D eigenvalue weighted by Crippen LogP contribution is -2.31. The highest BCUT2D eigenvalue weighted by Gasteiger charge is 2.34. The molecule has 0 spiro atoms. The molecular formula is C23H23N3O2. The first-order chi connectivity index (χ1) is 13.7. The molecule has 3 heterocycles. The van der Waals surface area contributed by atoms with Crippen LogP contribution in [0.5, 0.6) is 0 Å². The molecule has 0 bridgehead atoms. The van der Waals surface area contributed by atoms with Gasteiger partial charge in [0.1, 0.15) is 0 Å². The number of aromatic nitrogens is 1. The fourth-order valence-corrected chi connectivity index (χ4v) is 4.57. The first kappa shape index (κ1) is 17.2. The van der Waals surface area contributed by atoms with Crippen LogP contribution in [-0.4, -0.2) is 34.8 Å². The van der Waals surface area contributed by atoms with Crippen molar-refractivity contribution in [3.05, 3.63) is 70.9 Å². The van der Waals surface area contributed by atoms with Crippen molar-refractivity contribution in [2.75, 3.05) is 13.1 Å². The summed E-state index contributed by atoms with van der Waals surface area (Å²) in [5.41, 5.74) is 4.99. The van der Waals surface area contributed by atoms with Gasteiger partial charge in [-0.25, -0.2) is 0 Å². The minimum absolute atomic E-state index is 0.158. The van der Waals surface area contributed by atoms with E-state index in [0.717, 1.165) is 32.2 Å². The fraction of sp³-hybridized carbons (Fsp3) is 0.304. The Morgan fingerprint density at radius 2 is 1.64 bits per heavy atom. The molecule has 5 heteroatoms. The number of fused-ring (bicyclic) bond motifs is 4. The largest absolute Gasteiger partial charge is 0.357 e. The molecule has 0 saturated carbocycles. The van der Waals surface area contributed by atoms with Gasteiger partial charge in [0.05, 0.1) is 11.1 Å². The van der Waals surface area contributed by atoms with Crippen LogP contribution in [-0.2, 0) is 6.42 Å². The summed E-state index contributed by atoms with van der Waals surface area (Å²) in [6, 6.07) is 15.9. The zero-order valence-corrected chi connectivity index (χ0v) is 15.7. The van der Waals surface area contributed by atoms with Crippen molar-refractivity contribution in [2.24, 2.45) is 0 Å². The Bertz CT molecular complexity index is 1030. The Morgan fingerprint density at radius 3 is 2.43 bits per heavy atom. The maximum atomic E-state index is 12.5. The van der Waals surface area contributed by atoms with Gasteiger partial charge in [-0.15, -0.1) is 0 Å². The van der Waals surface area contributed by atoms with E-state index in [-0.39, 0.29) is 11.8 Å². The van der Waals surface area contributed by atoms with Gasteiger partial charge in [0.25, 0.3) is 11.8 Å². The van der Waals surface area contributed by atoms with E-state index in [2.05, 4.69) is 34.6 Å². The van der Waals surface area contributed by atoms with Crippen molar-refractivity contribution in [2.45, 2.75) is 31.7 Å². The number of H-pyrrole nitrogens is 1. The van der Waals surface area contributed by atoms with Crippen LogP contribution in [0.4, 0.5) is 0 Å². The van der Waals surface area contributed by atoms with Crippen molar-refractivity contribution < 1.29 is 9.59 Å². The fourth-order valence-electron chi connectivity index (χ4n) is 4.57. The van der Waals surface area contributed by atoms with Gasteiger partial charge in [0, 0.05) is 29.2 Å². The molecule has 2 amide bonds. The summed E-state index contributed by atoms with van der Waals surface area (Å²) in [5, 5.41) is 4.95. The van der Waals surface area contributed by atoms with E-state index in [1.54, 1.807) is 24.3 Å². The van der Waals surface area contributed by atoms with E-state index in [0.29, 0.717) is 23.7 Å². The Balaban J connectivity index is 1.22. The van der Waals surface area contributed by atoms with Gasteiger partial charge in [0.2, 0.25) is 0 Å². The third-order valence-electron chi connectivity index (χ3n) is 5.96. The third-order valence-corrected chi connectivity index (χ3v) is 5.96. The summed E-state index contributed by atoms with van der Waals surface area (Å²) in [7, 11) is 0.